The summed E-state index contributed by atoms with van der Waals surface area (Å²) in [4.78, 5) is 12.6. The smallest absolute Gasteiger partial charge is 0.260 e. The van der Waals surface area contributed by atoms with Gasteiger partial charge in [0, 0.05) is 11.1 Å². The minimum atomic E-state index is -3.06. The molecule has 2 heterocycles. The van der Waals surface area contributed by atoms with E-state index in [1.807, 2.05) is 0 Å². The van der Waals surface area contributed by atoms with Crippen molar-refractivity contribution in [1.29, 1.82) is 0 Å². The first kappa shape index (κ1) is 17.8. The molecule has 1 aromatic carbocycles. The zero-order valence-corrected chi connectivity index (χ0v) is 15.4. The monoisotopic (exact) mass is 383 g/mol. The van der Waals surface area contributed by atoms with Crippen LogP contribution in [0.5, 0.6) is 5.75 Å². The van der Waals surface area contributed by atoms with Crippen LogP contribution in [0.2, 0.25) is 5.02 Å². The molecule has 0 saturated carbocycles. The van der Waals surface area contributed by atoms with Crippen molar-refractivity contribution < 1.29 is 17.9 Å². The van der Waals surface area contributed by atoms with Crippen molar-refractivity contribution in [3.63, 3.8) is 0 Å². The van der Waals surface area contributed by atoms with Gasteiger partial charge in [-0.05, 0) is 31.5 Å². The van der Waals surface area contributed by atoms with E-state index in [-0.39, 0.29) is 17.5 Å². The molecule has 1 atom stereocenters. The van der Waals surface area contributed by atoms with Crippen molar-refractivity contribution in [2.45, 2.75) is 19.4 Å². The van der Waals surface area contributed by atoms with E-state index >= 15 is 0 Å². The lowest BCUT2D eigenvalue weighted by Gasteiger charge is -2.14. The number of hydrogen-bond donors (Lipinski definition) is 1. The fraction of sp³-hybridized carbons (Fsp3) is 0.375. The summed E-state index contributed by atoms with van der Waals surface area (Å²) in [5.74, 6) is 0.602. The van der Waals surface area contributed by atoms with Crippen molar-refractivity contribution in [3.05, 3.63) is 40.5 Å². The summed E-state index contributed by atoms with van der Waals surface area (Å²) < 4.78 is 30.3. The average Bonchev–Trinajstić information content (AvgIpc) is 3.09. The Morgan fingerprint density at radius 3 is 2.80 bits per heavy atom. The Hall–Kier alpha value is -2.06. The maximum absolute atomic E-state index is 12.6. The lowest BCUT2D eigenvalue weighted by atomic mass is 10.2. The number of hydrogen-bond acceptors (Lipinski definition) is 5. The minimum Gasteiger partial charge on any atom is -0.496 e. The quantitative estimate of drug-likeness (QED) is 0.875. The normalized spacial score (nSPS) is 18.9. The van der Waals surface area contributed by atoms with Crippen LogP contribution in [0.3, 0.4) is 0 Å². The topological polar surface area (TPSA) is 90.3 Å². The van der Waals surface area contributed by atoms with Gasteiger partial charge < -0.3 is 10.1 Å². The van der Waals surface area contributed by atoms with Crippen molar-refractivity contribution in [3.8, 4) is 5.75 Å². The van der Waals surface area contributed by atoms with Gasteiger partial charge in [0.1, 0.15) is 11.6 Å². The third-order valence-electron chi connectivity index (χ3n) is 4.06. The van der Waals surface area contributed by atoms with E-state index in [0.717, 1.165) is 0 Å². The van der Waals surface area contributed by atoms with Gasteiger partial charge in [-0.3, -0.25) is 4.79 Å². The highest BCUT2D eigenvalue weighted by Crippen LogP contribution is 2.28. The van der Waals surface area contributed by atoms with Gasteiger partial charge in [-0.2, -0.15) is 5.10 Å². The number of amides is 1. The van der Waals surface area contributed by atoms with Gasteiger partial charge in [0.05, 0.1) is 35.9 Å². The van der Waals surface area contributed by atoms with Gasteiger partial charge in [0.25, 0.3) is 5.91 Å². The molecule has 3 rings (SSSR count). The minimum absolute atomic E-state index is 0.0253. The van der Waals surface area contributed by atoms with E-state index in [9.17, 15) is 13.2 Å². The lowest BCUT2D eigenvalue weighted by Crippen LogP contribution is -2.20. The van der Waals surface area contributed by atoms with Crippen LogP contribution < -0.4 is 10.1 Å². The number of anilines is 1. The molecular formula is C16H18ClN3O4S. The van der Waals surface area contributed by atoms with Gasteiger partial charge in [0.2, 0.25) is 0 Å². The molecule has 1 fully saturated rings. The molecule has 7 nitrogen and oxygen atoms in total. The third kappa shape index (κ3) is 3.80. The Balaban J connectivity index is 1.89. The molecule has 0 spiro atoms. The van der Waals surface area contributed by atoms with Crippen LogP contribution in [-0.2, 0) is 9.84 Å². The Morgan fingerprint density at radius 1 is 1.40 bits per heavy atom. The molecule has 2 aromatic rings. The zero-order valence-electron chi connectivity index (χ0n) is 13.8. The first-order valence-electron chi connectivity index (χ1n) is 7.70. The van der Waals surface area contributed by atoms with Crippen LogP contribution in [0.25, 0.3) is 0 Å². The number of sulfone groups is 1. The molecule has 1 aliphatic heterocycles. The molecule has 1 aromatic heterocycles. The summed E-state index contributed by atoms with van der Waals surface area (Å²) >= 11 is 5.97. The molecule has 134 valence electrons. The molecule has 25 heavy (non-hydrogen) atoms. The van der Waals surface area contributed by atoms with Crippen LogP contribution in [0.4, 0.5) is 5.82 Å². The predicted octanol–water partition coefficient (Wildman–Crippen LogP) is 2.47. The molecule has 1 unspecified atom stereocenters. The summed E-state index contributed by atoms with van der Waals surface area (Å²) in [7, 11) is -1.59. The maximum Gasteiger partial charge on any atom is 0.260 e. The SMILES string of the molecule is COc1ccc(Cl)cc1C(=O)Nc1cc(C)nn1C1CCS(=O)(=O)C1. The number of nitrogens with zero attached hydrogens (tertiary/aromatic N) is 2. The van der Waals surface area contributed by atoms with E-state index in [1.54, 1.807) is 29.8 Å². The summed E-state index contributed by atoms with van der Waals surface area (Å²) in [6, 6.07) is 6.19. The van der Waals surface area contributed by atoms with E-state index < -0.39 is 15.7 Å². The number of halogens is 1. The first-order chi connectivity index (χ1) is 11.8. The van der Waals surface area contributed by atoms with Gasteiger partial charge in [-0.25, -0.2) is 13.1 Å². The molecule has 0 aliphatic carbocycles. The Bertz CT molecular complexity index is 923. The van der Waals surface area contributed by atoms with E-state index in [0.29, 0.717) is 34.3 Å². The number of ether oxygens (including phenoxy) is 1. The molecular weight excluding hydrogens is 366 g/mol. The molecule has 1 N–H and O–H groups in total. The standard InChI is InChI=1S/C16H18ClN3O4S/c1-10-7-15(20(19-10)12-5-6-25(22,23)9-12)18-16(21)13-8-11(17)3-4-14(13)24-2/h3-4,7-8,12H,5-6,9H2,1-2H3,(H,18,21). The summed E-state index contributed by atoms with van der Waals surface area (Å²) in [6.07, 6.45) is 0.479. The number of carbonyl (C=O) groups is 1. The molecule has 1 amide bonds. The van der Waals surface area contributed by atoms with Gasteiger partial charge in [-0.1, -0.05) is 11.6 Å². The second-order valence-electron chi connectivity index (χ2n) is 5.97. The highest BCUT2D eigenvalue weighted by Gasteiger charge is 2.31. The van der Waals surface area contributed by atoms with Crippen LogP contribution in [-0.4, -0.2) is 42.7 Å². The van der Waals surface area contributed by atoms with Crippen LogP contribution in [0.1, 0.15) is 28.5 Å². The lowest BCUT2D eigenvalue weighted by molar-refractivity contribution is 0.102. The van der Waals surface area contributed by atoms with Gasteiger partial charge in [0.15, 0.2) is 9.84 Å². The largest absolute Gasteiger partial charge is 0.496 e. The number of methoxy groups -OCH3 is 1. The van der Waals surface area contributed by atoms with Gasteiger partial charge >= 0.3 is 0 Å². The molecule has 0 bridgehead atoms. The number of carbonyl (C=O) groups excluding carboxylic acids is 1. The van der Waals surface area contributed by atoms with Crippen molar-refractivity contribution >= 4 is 33.2 Å². The fourth-order valence-electron chi connectivity index (χ4n) is 2.90. The predicted molar refractivity (Wildman–Crippen MR) is 95.2 cm³/mol. The number of rotatable bonds is 4. The fourth-order valence-corrected chi connectivity index (χ4v) is 4.76. The van der Waals surface area contributed by atoms with Crippen molar-refractivity contribution in [2.24, 2.45) is 0 Å². The van der Waals surface area contributed by atoms with Crippen molar-refractivity contribution in [1.82, 2.24) is 9.78 Å². The number of benzene rings is 1. The van der Waals surface area contributed by atoms with E-state index in [2.05, 4.69) is 10.4 Å². The van der Waals surface area contributed by atoms with Crippen molar-refractivity contribution in [2.75, 3.05) is 23.9 Å². The highest BCUT2D eigenvalue weighted by molar-refractivity contribution is 7.91. The van der Waals surface area contributed by atoms with Crippen LogP contribution in [0.15, 0.2) is 24.3 Å². The molecule has 9 heteroatoms. The third-order valence-corrected chi connectivity index (χ3v) is 6.05. The van der Waals surface area contributed by atoms with E-state index in [1.165, 1.54) is 13.2 Å². The van der Waals surface area contributed by atoms with E-state index in [4.69, 9.17) is 16.3 Å². The maximum atomic E-state index is 12.6. The number of aromatic nitrogens is 2. The summed E-state index contributed by atoms with van der Waals surface area (Å²) in [5.41, 5.74) is 0.983. The summed E-state index contributed by atoms with van der Waals surface area (Å²) in [6.45, 7) is 1.79. The second kappa shape index (κ2) is 6.68. The number of aryl methyl sites for hydroxylation is 1. The zero-order chi connectivity index (χ0) is 18.2. The Labute approximate surface area is 150 Å². The first-order valence-corrected chi connectivity index (χ1v) is 9.90. The van der Waals surface area contributed by atoms with Crippen LogP contribution >= 0.6 is 11.6 Å². The Morgan fingerprint density at radius 2 is 2.16 bits per heavy atom. The molecule has 1 aliphatic rings. The number of nitrogens with one attached hydrogen (secondary N) is 1. The summed E-state index contributed by atoms with van der Waals surface area (Å²) in [5, 5.41) is 7.54. The highest BCUT2D eigenvalue weighted by atomic mass is 35.5. The van der Waals surface area contributed by atoms with Crippen LogP contribution in [0, 0.1) is 6.92 Å². The molecule has 1 saturated heterocycles. The molecule has 0 radical (unpaired) electrons. The van der Waals surface area contributed by atoms with Gasteiger partial charge in [-0.15, -0.1) is 0 Å². The second-order valence-corrected chi connectivity index (χ2v) is 8.64. The average molecular weight is 384 g/mol. The Kier molecular flexibility index (Phi) is 4.75.